The van der Waals surface area contributed by atoms with Gasteiger partial charge < -0.3 is 15.4 Å². The van der Waals surface area contributed by atoms with Gasteiger partial charge in [0.1, 0.15) is 0 Å². The molecule has 0 fully saturated rings. The summed E-state index contributed by atoms with van der Waals surface area (Å²) >= 11 is 0. The van der Waals surface area contributed by atoms with Crippen molar-refractivity contribution in [1.82, 2.24) is 9.97 Å². The first-order valence-electron chi connectivity index (χ1n) is 7.22. The summed E-state index contributed by atoms with van der Waals surface area (Å²) in [5.41, 5.74) is 2.91. The molecule has 5 heteroatoms. The summed E-state index contributed by atoms with van der Waals surface area (Å²) in [6, 6.07) is 14.6. The van der Waals surface area contributed by atoms with E-state index in [1.54, 1.807) is 18.2 Å². The summed E-state index contributed by atoms with van der Waals surface area (Å²) in [5, 5.41) is 11.9. The van der Waals surface area contributed by atoms with Gasteiger partial charge in [-0.1, -0.05) is 30.3 Å². The lowest BCUT2D eigenvalue weighted by atomic mass is 10.0. The standard InChI is InChI=1S/C17H17N3O2/c21-10-4-9-18-17-19-14-8-7-13(11-15(14)20-17)16(22)12-5-2-1-3-6-12/h1-3,5-8,11,21H,4,9-10H2,(H2,18,19,20). The lowest BCUT2D eigenvalue weighted by Gasteiger charge is -2.00. The van der Waals surface area contributed by atoms with Crippen LogP contribution in [0.15, 0.2) is 48.5 Å². The molecule has 0 saturated heterocycles. The summed E-state index contributed by atoms with van der Waals surface area (Å²) in [6.45, 7) is 0.787. The van der Waals surface area contributed by atoms with E-state index in [2.05, 4.69) is 15.3 Å². The number of aromatic amines is 1. The van der Waals surface area contributed by atoms with Gasteiger partial charge in [-0.15, -0.1) is 0 Å². The van der Waals surface area contributed by atoms with E-state index in [-0.39, 0.29) is 12.4 Å². The Balaban J connectivity index is 1.85. The van der Waals surface area contributed by atoms with E-state index in [0.717, 1.165) is 11.0 Å². The zero-order valence-electron chi connectivity index (χ0n) is 12.0. The number of anilines is 1. The number of imidazole rings is 1. The van der Waals surface area contributed by atoms with Gasteiger partial charge in [-0.25, -0.2) is 4.98 Å². The summed E-state index contributed by atoms with van der Waals surface area (Å²) in [7, 11) is 0. The predicted molar refractivity (Wildman–Crippen MR) is 86.2 cm³/mol. The Morgan fingerprint density at radius 3 is 2.73 bits per heavy atom. The Bertz CT molecular complexity index is 781. The molecule has 0 radical (unpaired) electrons. The highest BCUT2D eigenvalue weighted by Gasteiger charge is 2.10. The van der Waals surface area contributed by atoms with Gasteiger partial charge in [-0.05, 0) is 24.6 Å². The van der Waals surface area contributed by atoms with Crippen LogP contribution in [0.3, 0.4) is 0 Å². The molecule has 3 rings (SSSR count). The molecule has 0 aliphatic heterocycles. The Labute approximate surface area is 128 Å². The van der Waals surface area contributed by atoms with E-state index < -0.39 is 0 Å². The van der Waals surface area contributed by atoms with Crippen LogP contribution in [0, 0.1) is 0 Å². The minimum absolute atomic E-state index is 0.00751. The molecule has 0 atom stereocenters. The number of rotatable bonds is 6. The van der Waals surface area contributed by atoms with E-state index >= 15 is 0 Å². The number of fused-ring (bicyclic) bond motifs is 1. The van der Waals surface area contributed by atoms with Crippen molar-refractivity contribution >= 4 is 22.8 Å². The van der Waals surface area contributed by atoms with Crippen molar-refractivity contribution in [3.05, 3.63) is 59.7 Å². The molecule has 0 amide bonds. The van der Waals surface area contributed by atoms with E-state index in [0.29, 0.717) is 30.0 Å². The number of carbonyl (C=O) groups is 1. The third-order valence-corrected chi connectivity index (χ3v) is 3.41. The topological polar surface area (TPSA) is 78.0 Å². The fourth-order valence-electron chi connectivity index (χ4n) is 2.28. The molecule has 0 unspecified atom stereocenters. The maximum atomic E-state index is 12.4. The number of ketones is 1. The average molecular weight is 295 g/mol. The van der Waals surface area contributed by atoms with Crippen LogP contribution in [0.4, 0.5) is 5.95 Å². The summed E-state index contributed by atoms with van der Waals surface area (Å²) in [6.07, 6.45) is 0.661. The third kappa shape index (κ3) is 2.99. The Morgan fingerprint density at radius 2 is 1.95 bits per heavy atom. The van der Waals surface area contributed by atoms with Crippen LogP contribution in [0.1, 0.15) is 22.3 Å². The summed E-state index contributed by atoms with van der Waals surface area (Å²) in [5.74, 6) is 0.639. The van der Waals surface area contributed by atoms with Gasteiger partial charge in [0.2, 0.25) is 5.95 Å². The maximum absolute atomic E-state index is 12.4. The normalized spacial score (nSPS) is 10.8. The fourth-order valence-corrected chi connectivity index (χ4v) is 2.28. The quantitative estimate of drug-likeness (QED) is 0.482. The van der Waals surface area contributed by atoms with Crippen molar-refractivity contribution in [2.75, 3.05) is 18.5 Å². The Kier molecular flexibility index (Phi) is 4.16. The second-order valence-electron chi connectivity index (χ2n) is 5.02. The number of H-pyrrole nitrogens is 1. The van der Waals surface area contributed by atoms with Crippen molar-refractivity contribution in [2.24, 2.45) is 0 Å². The van der Waals surface area contributed by atoms with Crippen LogP contribution in [0.2, 0.25) is 0 Å². The van der Waals surface area contributed by atoms with Gasteiger partial charge >= 0.3 is 0 Å². The number of hydrogen-bond donors (Lipinski definition) is 3. The monoisotopic (exact) mass is 295 g/mol. The second kappa shape index (κ2) is 6.41. The highest BCUT2D eigenvalue weighted by Crippen LogP contribution is 2.18. The maximum Gasteiger partial charge on any atom is 0.201 e. The number of nitrogens with one attached hydrogen (secondary N) is 2. The molecule has 112 valence electrons. The number of aliphatic hydroxyl groups excluding tert-OH is 1. The SMILES string of the molecule is O=C(c1ccccc1)c1ccc2nc(NCCCO)[nH]c2c1. The number of aliphatic hydroxyl groups is 1. The molecule has 1 aromatic heterocycles. The highest BCUT2D eigenvalue weighted by atomic mass is 16.3. The smallest absolute Gasteiger partial charge is 0.201 e. The van der Waals surface area contributed by atoms with Crippen molar-refractivity contribution in [3.63, 3.8) is 0 Å². The van der Waals surface area contributed by atoms with Crippen LogP contribution in [0.5, 0.6) is 0 Å². The van der Waals surface area contributed by atoms with Gasteiger partial charge in [0.15, 0.2) is 5.78 Å². The van der Waals surface area contributed by atoms with Gasteiger partial charge in [-0.3, -0.25) is 4.79 Å². The molecule has 0 aliphatic carbocycles. The van der Waals surface area contributed by atoms with Crippen molar-refractivity contribution in [2.45, 2.75) is 6.42 Å². The summed E-state index contributed by atoms with van der Waals surface area (Å²) in [4.78, 5) is 20.0. The van der Waals surface area contributed by atoms with E-state index in [1.807, 2.05) is 30.3 Å². The number of benzene rings is 2. The van der Waals surface area contributed by atoms with Crippen molar-refractivity contribution in [3.8, 4) is 0 Å². The molecule has 22 heavy (non-hydrogen) atoms. The minimum atomic E-state index is -0.00751. The zero-order chi connectivity index (χ0) is 15.4. The van der Waals surface area contributed by atoms with Crippen LogP contribution in [0.25, 0.3) is 11.0 Å². The average Bonchev–Trinajstić information content (AvgIpc) is 2.97. The first kappa shape index (κ1) is 14.3. The van der Waals surface area contributed by atoms with Crippen LogP contribution >= 0.6 is 0 Å². The van der Waals surface area contributed by atoms with Crippen molar-refractivity contribution in [1.29, 1.82) is 0 Å². The first-order chi connectivity index (χ1) is 10.8. The fraction of sp³-hybridized carbons (Fsp3) is 0.176. The van der Waals surface area contributed by atoms with Gasteiger partial charge in [0, 0.05) is 24.3 Å². The second-order valence-corrected chi connectivity index (χ2v) is 5.02. The lowest BCUT2D eigenvalue weighted by molar-refractivity contribution is 0.103. The van der Waals surface area contributed by atoms with E-state index in [9.17, 15) is 4.79 Å². The Morgan fingerprint density at radius 1 is 1.14 bits per heavy atom. The van der Waals surface area contributed by atoms with E-state index in [1.165, 1.54) is 0 Å². The van der Waals surface area contributed by atoms with Gasteiger partial charge in [0.25, 0.3) is 0 Å². The molecule has 2 aromatic carbocycles. The van der Waals surface area contributed by atoms with E-state index in [4.69, 9.17) is 5.11 Å². The molecular formula is C17H17N3O2. The Hall–Kier alpha value is -2.66. The zero-order valence-corrected chi connectivity index (χ0v) is 12.0. The molecule has 5 nitrogen and oxygen atoms in total. The minimum Gasteiger partial charge on any atom is -0.396 e. The molecule has 0 aliphatic rings. The van der Waals surface area contributed by atoms with Crippen molar-refractivity contribution < 1.29 is 9.90 Å². The molecule has 3 N–H and O–H groups in total. The van der Waals surface area contributed by atoms with Crippen LogP contribution in [-0.4, -0.2) is 34.0 Å². The number of aromatic nitrogens is 2. The predicted octanol–water partition coefficient (Wildman–Crippen LogP) is 2.59. The molecule has 0 saturated carbocycles. The summed E-state index contributed by atoms with van der Waals surface area (Å²) < 4.78 is 0. The molecular weight excluding hydrogens is 278 g/mol. The molecule has 3 aromatic rings. The molecule has 0 bridgehead atoms. The highest BCUT2D eigenvalue weighted by molar-refractivity contribution is 6.10. The third-order valence-electron chi connectivity index (χ3n) is 3.41. The van der Waals surface area contributed by atoms with Crippen LogP contribution < -0.4 is 5.32 Å². The number of carbonyl (C=O) groups excluding carboxylic acids is 1. The first-order valence-corrected chi connectivity index (χ1v) is 7.22. The number of nitrogens with zero attached hydrogens (tertiary/aromatic N) is 1. The largest absolute Gasteiger partial charge is 0.396 e. The van der Waals surface area contributed by atoms with Gasteiger partial charge in [-0.2, -0.15) is 0 Å². The number of hydrogen-bond acceptors (Lipinski definition) is 4. The molecule has 1 heterocycles. The van der Waals surface area contributed by atoms with Gasteiger partial charge in [0.05, 0.1) is 11.0 Å². The molecule has 0 spiro atoms. The van der Waals surface area contributed by atoms with Crippen LogP contribution in [-0.2, 0) is 0 Å². The lowest BCUT2D eigenvalue weighted by Crippen LogP contribution is -2.04.